The third-order valence-corrected chi connectivity index (χ3v) is 4.06. The van der Waals surface area contributed by atoms with Crippen molar-refractivity contribution in [1.29, 1.82) is 0 Å². The van der Waals surface area contributed by atoms with Crippen LogP contribution in [0.4, 0.5) is 5.69 Å². The van der Waals surface area contributed by atoms with Crippen LogP contribution in [0, 0.1) is 12.8 Å². The summed E-state index contributed by atoms with van der Waals surface area (Å²) in [6, 6.07) is 6.35. The summed E-state index contributed by atoms with van der Waals surface area (Å²) < 4.78 is 0. The Morgan fingerprint density at radius 1 is 1.39 bits per heavy atom. The molecule has 1 saturated carbocycles. The third-order valence-electron chi connectivity index (χ3n) is 3.84. The second-order valence-electron chi connectivity index (χ2n) is 5.42. The van der Waals surface area contributed by atoms with E-state index in [9.17, 15) is 0 Å². The highest BCUT2D eigenvalue weighted by Crippen LogP contribution is 2.28. The molecule has 0 spiro atoms. The summed E-state index contributed by atoms with van der Waals surface area (Å²) in [5, 5.41) is 0. The van der Waals surface area contributed by atoms with E-state index in [1.165, 1.54) is 36.9 Å². The quantitative estimate of drug-likeness (QED) is 0.845. The van der Waals surface area contributed by atoms with Crippen molar-refractivity contribution in [3.05, 3.63) is 29.3 Å². The van der Waals surface area contributed by atoms with E-state index in [1.807, 2.05) is 0 Å². The van der Waals surface area contributed by atoms with Crippen molar-refractivity contribution in [3.63, 3.8) is 0 Å². The molecule has 0 amide bonds. The zero-order chi connectivity index (χ0) is 13.1. The number of hydrogen-bond acceptors (Lipinski definition) is 2. The Balaban J connectivity index is 2.17. The van der Waals surface area contributed by atoms with Gasteiger partial charge in [-0.2, -0.15) is 0 Å². The monoisotopic (exact) mass is 262 g/mol. The van der Waals surface area contributed by atoms with Gasteiger partial charge in [0, 0.05) is 24.8 Å². The zero-order valence-electron chi connectivity index (χ0n) is 11.3. The molecule has 18 heavy (non-hydrogen) atoms. The van der Waals surface area contributed by atoms with E-state index in [0.717, 1.165) is 18.0 Å². The molecule has 2 rings (SSSR count). The minimum Gasteiger partial charge on any atom is -0.389 e. The van der Waals surface area contributed by atoms with Crippen molar-refractivity contribution < 1.29 is 0 Å². The number of anilines is 1. The van der Waals surface area contributed by atoms with Gasteiger partial charge in [0.05, 0.1) is 0 Å². The summed E-state index contributed by atoms with van der Waals surface area (Å²) in [5.74, 6) is 0.829. The fourth-order valence-electron chi connectivity index (χ4n) is 2.86. The molecule has 1 aromatic rings. The van der Waals surface area contributed by atoms with Crippen LogP contribution >= 0.6 is 12.2 Å². The average Bonchev–Trinajstić information content (AvgIpc) is 2.81. The number of nitrogens with zero attached hydrogens (tertiary/aromatic N) is 1. The smallest absolute Gasteiger partial charge is 0.106 e. The lowest BCUT2D eigenvalue weighted by Gasteiger charge is -2.25. The van der Waals surface area contributed by atoms with Crippen molar-refractivity contribution >= 4 is 22.9 Å². The van der Waals surface area contributed by atoms with Gasteiger partial charge in [0.25, 0.3) is 0 Å². The molecule has 0 aliphatic heterocycles. The molecular weight excluding hydrogens is 240 g/mol. The number of aryl methyl sites for hydroxylation is 1. The van der Waals surface area contributed by atoms with Crippen molar-refractivity contribution in [2.45, 2.75) is 32.6 Å². The number of thiocarbonyl (C=S) groups is 1. The molecule has 1 aliphatic rings. The number of nitrogens with two attached hydrogens (primary N) is 1. The molecule has 0 unspecified atom stereocenters. The van der Waals surface area contributed by atoms with Crippen LogP contribution in [0.1, 0.15) is 36.8 Å². The molecule has 0 saturated heterocycles. The fraction of sp³-hybridized carbons (Fsp3) is 0.533. The van der Waals surface area contributed by atoms with Gasteiger partial charge >= 0.3 is 0 Å². The van der Waals surface area contributed by atoms with Crippen molar-refractivity contribution in [2.75, 3.05) is 18.5 Å². The fourth-order valence-corrected chi connectivity index (χ4v) is 3.02. The summed E-state index contributed by atoms with van der Waals surface area (Å²) in [6.45, 7) is 3.18. The Kier molecular flexibility index (Phi) is 4.23. The van der Waals surface area contributed by atoms with Crippen molar-refractivity contribution in [2.24, 2.45) is 11.7 Å². The van der Waals surface area contributed by atoms with Crippen LogP contribution in [0.5, 0.6) is 0 Å². The first kappa shape index (κ1) is 13.3. The molecule has 3 heteroatoms. The third kappa shape index (κ3) is 3.02. The summed E-state index contributed by atoms with van der Waals surface area (Å²) >= 11 is 5.16. The highest BCUT2D eigenvalue weighted by atomic mass is 32.1. The van der Waals surface area contributed by atoms with Crippen LogP contribution in [-0.4, -0.2) is 18.6 Å². The van der Waals surface area contributed by atoms with E-state index in [2.05, 4.69) is 37.1 Å². The molecule has 0 heterocycles. The Morgan fingerprint density at radius 2 is 2.06 bits per heavy atom. The molecule has 2 nitrogen and oxygen atoms in total. The largest absolute Gasteiger partial charge is 0.389 e. The standard InChI is InChI=1S/C15H22N2S/c1-11-7-8-14(13(9-11)15(16)18)17(2)10-12-5-3-4-6-12/h7-9,12H,3-6,10H2,1-2H3,(H2,16,18). The first-order chi connectivity index (χ1) is 8.58. The molecule has 0 radical (unpaired) electrons. The predicted octanol–water partition coefficient (Wildman–Crippen LogP) is 3.26. The molecule has 0 aromatic heterocycles. The number of benzene rings is 1. The summed E-state index contributed by atoms with van der Waals surface area (Å²) in [5.41, 5.74) is 9.21. The molecule has 1 aliphatic carbocycles. The summed E-state index contributed by atoms with van der Waals surface area (Å²) in [4.78, 5) is 2.80. The minimum atomic E-state index is 0.493. The molecule has 0 bridgehead atoms. The summed E-state index contributed by atoms with van der Waals surface area (Å²) in [7, 11) is 2.14. The van der Waals surface area contributed by atoms with Gasteiger partial charge in [-0.3, -0.25) is 0 Å². The van der Waals surface area contributed by atoms with Crippen LogP contribution in [0.15, 0.2) is 18.2 Å². The number of rotatable bonds is 4. The zero-order valence-corrected chi connectivity index (χ0v) is 12.1. The average molecular weight is 262 g/mol. The highest BCUT2D eigenvalue weighted by molar-refractivity contribution is 7.80. The first-order valence-electron chi connectivity index (χ1n) is 6.69. The van der Waals surface area contributed by atoms with Crippen molar-refractivity contribution in [3.8, 4) is 0 Å². The van der Waals surface area contributed by atoms with Crippen LogP contribution in [-0.2, 0) is 0 Å². The van der Waals surface area contributed by atoms with Gasteiger partial charge < -0.3 is 10.6 Å². The maximum atomic E-state index is 5.83. The van der Waals surface area contributed by atoms with Gasteiger partial charge in [-0.15, -0.1) is 0 Å². The lowest BCUT2D eigenvalue weighted by molar-refractivity contribution is 0.547. The van der Waals surface area contributed by atoms with E-state index in [-0.39, 0.29) is 0 Å². The van der Waals surface area contributed by atoms with Gasteiger partial charge in [0.2, 0.25) is 0 Å². The Hall–Kier alpha value is -1.09. The van der Waals surface area contributed by atoms with E-state index in [4.69, 9.17) is 18.0 Å². The molecule has 1 fully saturated rings. The Labute approximate surface area is 115 Å². The Morgan fingerprint density at radius 3 is 2.67 bits per heavy atom. The van der Waals surface area contributed by atoms with E-state index >= 15 is 0 Å². The van der Waals surface area contributed by atoms with Gasteiger partial charge in [-0.25, -0.2) is 0 Å². The van der Waals surface area contributed by atoms with Gasteiger partial charge in [-0.1, -0.05) is 36.7 Å². The second-order valence-corrected chi connectivity index (χ2v) is 5.86. The topological polar surface area (TPSA) is 29.3 Å². The van der Waals surface area contributed by atoms with Crippen LogP contribution < -0.4 is 10.6 Å². The second kappa shape index (κ2) is 5.70. The molecule has 98 valence electrons. The van der Waals surface area contributed by atoms with Crippen LogP contribution in [0.2, 0.25) is 0 Å². The number of hydrogen-bond donors (Lipinski definition) is 1. The molecule has 2 N–H and O–H groups in total. The SMILES string of the molecule is Cc1ccc(N(C)CC2CCCC2)c(C(N)=S)c1. The molecule has 1 aromatic carbocycles. The molecular formula is C15H22N2S. The van der Waals surface area contributed by atoms with E-state index < -0.39 is 0 Å². The predicted molar refractivity (Wildman–Crippen MR) is 82.3 cm³/mol. The Bertz CT molecular complexity index is 436. The minimum absolute atomic E-state index is 0.493. The first-order valence-corrected chi connectivity index (χ1v) is 7.10. The van der Waals surface area contributed by atoms with Gasteiger partial charge in [-0.05, 0) is 37.8 Å². The van der Waals surface area contributed by atoms with E-state index in [1.54, 1.807) is 0 Å². The van der Waals surface area contributed by atoms with Crippen LogP contribution in [0.3, 0.4) is 0 Å². The normalized spacial score (nSPS) is 15.9. The maximum Gasteiger partial charge on any atom is 0.106 e. The van der Waals surface area contributed by atoms with E-state index in [0.29, 0.717) is 4.99 Å². The van der Waals surface area contributed by atoms with Crippen molar-refractivity contribution in [1.82, 2.24) is 0 Å². The van der Waals surface area contributed by atoms with Crippen LogP contribution in [0.25, 0.3) is 0 Å². The summed E-state index contributed by atoms with van der Waals surface area (Å²) in [6.07, 6.45) is 5.49. The lowest BCUT2D eigenvalue weighted by atomic mass is 10.1. The maximum absolute atomic E-state index is 5.83. The molecule has 0 atom stereocenters. The lowest BCUT2D eigenvalue weighted by Crippen LogP contribution is -2.26. The van der Waals surface area contributed by atoms with Gasteiger partial charge in [0.1, 0.15) is 4.99 Å². The highest BCUT2D eigenvalue weighted by Gasteiger charge is 2.18. The van der Waals surface area contributed by atoms with Gasteiger partial charge in [0.15, 0.2) is 0 Å².